The molecule has 2 N–H and O–H groups in total. The third-order valence-electron chi connectivity index (χ3n) is 2.54. The van der Waals surface area contributed by atoms with E-state index in [9.17, 15) is 9.59 Å². The van der Waals surface area contributed by atoms with Crippen molar-refractivity contribution in [2.24, 2.45) is 5.92 Å². The van der Waals surface area contributed by atoms with E-state index in [-0.39, 0.29) is 12.3 Å². The van der Waals surface area contributed by atoms with Crippen molar-refractivity contribution in [2.45, 2.75) is 46.0 Å². The molecule has 4 nitrogen and oxygen atoms in total. The van der Waals surface area contributed by atoms with Crippen molar-refractivity contribution in [3.05, 3.63) is 0 Å². The number of rotatable bonds is 8. The average Bonchev–Trinajstić information content (AvgIpc) is 2.26. The molecule has 17 heavy (non-hydrogen) atoms. The Morgan fingerprint density at radius 1 is 1.29 bits per heavy atom. The lowest BCUT2D eigenvalue weighted by Gasteiger charge is -2.14. The van der Waals surface area contributed by atoms with Gasteiger partial charge in [-0.05, 0) is 31.6 Å². The zero-order valence-electron chi connectivity index (χ0n) is 10.6. The van der Waals surface area contributed by atoms with Crippen LogP contribution >= 0.6 is 0 Å². The van der Waals surface area contributed by atoms with Crippen molar-refractivity contribution >= 4 is 11.9 Å². The van der Waals surface area contributed by atoms with Gasteiger partial charge in [-0.15, -0.1) is 0 Å². The number of hydrogen-bond donors (Lipinski definition) is 2. The zero-order chi connectivity index (χ0) is 13.1. The Kier molecular flexibility index (Phi) is 8.85. The third kappa shape index (κ3) is 9.43. The number of carboxylic acid groups (broad SMARTS) is 1. The van der Waals surface area contributed by atoms with Gasteiger partial charge in [-0.1, -0.05) is 25.7 Å². The molecule has 0 saturated carbocycles. The van der Waals surface area contributed by atoms with Crippen LogP contribution in [0.1, 0.15) is 46.0 Å². The second-order valence-electron chi connectivity index (χ2n) is 4.01. The van der Waals surface area contributed by atoms with E-state index in [1.807, 2.05) is 0 Å². The van der Waals surface area contributed by atoms with Crippen LogP contribution in [-0.4, -0.2) is 23.5 Å². The molecule has 0 rings (SSSR count). The second-order valence-corrected chi connectivity index (χ2v) is 4.01. The highest BCUT2D eigenvalue weighted by atomic mass is 16.4. The molecule has 1 unspecified atom stereocenters. The molecule has 0 heterocycles. The zero-order valence-corrected chi connectivity index (χ0v) is 10.6. The Balaban J connectivity index is 3.86. The molecule has 0 aliphatic heterocycles. The van der Waals surface area contributed by atoms with E-state index in [1.165, 1.54) is 0 Å². The Hall–Kier alpha value is -1.50. The van der Waals surface area contributed by atoms with Gasteiger partial charge in [0.05, 0.1) is 0 Å². The molecule has 0 aromatic carbocycles. The molecular weight excluding hydrogens is 218 g/mol. The van der Waals surface area contributed by atoms with Crippen molar-refractivity contribution in [1.29, 1.82) is 0 Å². The molecule has 0 bridgehead atoms. The third-order valence-corrected chi connectivity index (χ3v) is 2.54. The van der Waals surface area contributed by atoms with E-state index >= 15 is 0 Å². The largest absolute Gasteiger partial charge is 0.481 e. The molecule has 1 amide bonds. The molecule has 4 heteroatoms. The SMILES string of the molecule is CC#CC(=O)NCCC(CCC)CCC(=O)O. The normalized spacial score (nSPS) is 11.2. The fraction of sp³-hybridized carbons (Fsp3) is 0.692. The lowest BCUT2D eigenvalue weighted by Crippen LogP contribution is -2.24. The highest BCUT2D eigenvalue weighted by Gasteiger charge is 2.10. The highest BCUT2D eigenvalue weighted by molar-refractivity contribution is 5.93. The van der Waals surface area contributed by atoms with Crippen molar-refractivity contribution < 1.29 is 14.7 Å². The average molecular weight is 239 g/mol. The number of carboxylic acids is 1. The standard InChI is InChI=1S/C13H21NO3/c1-3-5-11(7-8-13(16)17)9-10-14-12(15)6-4-2/h11H,3,5,7-10H2,1-2H3,(H,14,15)(H,16,17). The molecule has 0 saturated heterocycles. The summed E-state index contributed by atoms with van der Waals surface area (Å²) in [6.45, 7) is 4.26. The summed E-state index contributed by atoms with van der Waals surface area (Å²) in [6, 6.07) is 0. The Labute approximate surface area is 103 Å². The van der Waals surface area contributed by atoms with Gasteiger partial charge < -0.3 is 10.4 Å². The minimum atomic E-state index is -0.757. The first kappa shape index (κ1) is 15.5. The van der Waals surface area contributed by atoms with Crippen LogP contribution in [0.3, 0.4) is 0 Å². The molecule has 96 valence electrons. The molecular formula is C13H21NO3. The number of hydrogen-bond acceptors (Lipinski definition) is 2. The topological polar surface area (TPSA) is 66.4 Å². The number of amides is 1. The van der Waals surface area contributed by atoms with Crippen LogP contribution in [0.5, 0.6) is 0 Å². The number of nitrogens with one attached hydrogen (secondary N) is 1. The van der Waals surface area contributed by atoms with Crippen LogP contribution in [0.15, 0.2) is 0 Å². The van der Waals surface area contributed by atoms with Gasteiger partial charge in [0.25, 0.3) is 5.91 Å². The summed E-state index contributed by atoms with van der Waals surface area (Å²) in [4.78, 5) is 21.6. The van der Waals surface area contributed by atoms with Crippen molar-refractivity contribution in [3.63, 3.8) is 0 Å². The first-order chi connectivity index (χ1) is 8.10. The van der Waals surface area contributed by atoms with Gasteiger partial charge in [0, 0.05) is 13.0 Å². The summed E-state index contributed by atoms with van der Waals surface area (Å²) in [5, 5.41) is 11.3. The Morgan fingerprint density at radius 3 is 2.53 bits per heavy atom. The summed E-state index contributed by atoms with van der Waals surface area (Å²) < 4.78 is 0. The minimum absolute atomic E-state index is 0.202. The fourth-order valence-corrected chi connectivity index (χ4v) is 1.72. The smallest absolute Gasteiger partial charge is 0.303 e. The predicted molar refractivity (Wildman–Crippen MR) is 66.3 cm³/mol. The van der Waals surface area contributed by atoms with E-state index < -0.39 is 5.97 Å². The van der Waals surface area contributed by atoms with E-state index in [4.69, 9.17) is 5.11 Å². The van der Waals surface area contributed by atoms with E-state index in [1.54, 1.807) is 6.92 Å². The molecule has 0 aromatic heterocycles. The van der Waals surface area contributed by atoms with Crippen LogP contribution < -0.4 is 5.32 Å². The van der Waals surface area contributed by atoms with Crippen molar-refractivity contribution in [2.75, 3.05) is 6.54 Å². The molecule has 0 spiro atoms. The maximum atomic E-state index is 11.1. The van der Waals surface area contributed by atoms with Gasteiger partial charge in [0.2, 0.25) is 0 Å². The van der Waals surface area contributed by atoms with Gasteiger partial charge >= 0.3 is 5.97 Å². The Morgan fingerprint density at radius 2 is 2.00 bits per heavy atom. The maximum absolute atomic E-state index is 11.1. The molecule has 0 aromatic rings. The summed E-state index contributed by atoms with van der Waals surface area (Å²) in [5.41, 5.74) is 0. The van der Waals surface area contributed by atoms with Gasteiger partial charge in [-0.3, -0.25) is 9.59 Å². The number of aliphatic carboxylic acids is 1. The first-order valence-corrected chi connectivity index (χ1v) is 6.02. The molecule has 0 fully saturated rings. The fourth-order valence-electron chi connectivity index (χ4n) is 1.72. The molecule has 0 aliphatic carbocycles. The minimum Gasteiger partial charge on any atom is -0.481 e. The summed E-state index contributed by atoms with van der Waals surface area (Å²) in [7, 11) is 0. The molecule has 1 atom stereocenters. The predicted octanol–water partition coefficient (Wildman–Crippen LogP) is 1.80. The van der Waals surface area contributed by atoms with Crippen LogP contribution in [-0.2, 0) is 9.59 Å². The van der Waals surface area contributed by atoms with E-state index in [2.05, 4.69) is 24.1 Å². The number of carbonyl (C=O) groups excluding carboxylic acids is 1. The van der Waals surface area contributed by atoms with E-state index in [0.717, 1.165) is 19.3 Å². The van der Waals surface area contributed by atoms with Gasteiger partial charge in [-0.2, -0.15) is 0 Å². The van der Waals surface area contributed by atoms with Crippen LogP contribution in [0, 0.1) is 17.8 Å². The monoisotopic (exact) mass is 239 g/mol. The van der Waals surface area contributed by atoms with Crippen molar-refractivity contribution in [3.8, 4) is 11.8 Å². The second kappa shape index (κ2) is 9.71. The highest BCUT2D eigenvalue weighted by Crippen LogP contribution is 2.16. The van der Waals surface area contributed by atoms with Gasteiger partial charge in [0.1, 0.15) is 0 Å². The van der Waals surface area contributed by atoms with Crippen molar-refractivity contribution in [1.82, 2.24) is 5.32 Å². The molecule has 0 radical (unpaired) electrons. The molecule has 0 aliphatic rings. The van der Waals surface area contributed by atoms with E-state index in [0.29, 0.717) is 18.9 Å². The van der Waals surface area contributed by atoms with Crippen LogP contribution in [0.4, 0.5) is 0 Å². The van der Waals surface area contributed by atoms with Crippen LogP contribution in [0.25, 0.3) is 0 Å². The lowest BCUT2D eigenvalue weighted by atomic mass is 9.94. The Bertz CT molecular complexity index is 302. The summed E-state index contributed by atoms with van der Waals surface area (Å²) in [6.07, 6.45) is 3.74. The first-order valence-electron chi connectivity index (χ1n) is 6.02. The maximum Gasteiger partial charge on any atom is 0.303 e. The summed E-state index contributed by atoms with van der Waals surface area (Å²) >= 11 is 0. The number of carbonyl (C=O) groups is 2. The summed E-state index contributed by atoms with van der Waals surface area (Å²) in [5.74, 6) is 4.28. The van der Waals surface area contributed by atoms with Gasteiger partial charge in [-0.25, -0.2) is 0 Å². The van der Waals surface area contributed by atoms with Crippen LogP contribution in [0.2, 0.25) is 0 Å². The lowest BCUT2D eigenvalue weighted by molar-refractivity contribution is -0.137. The van der Waals surface area contributed by atoms with Gasteiger partial charge in [0.15, 0.2) is 0 Å². The quantitative estimate of drug-likeness (QED) is 0.635.